The summed E-state index contributed by atoms with van der Waals surface area (Å²) >= 11 is 0. The lowest BCUT2D eigenvalue weighted by Gasteiger charge is -2.35. The van der Waals surface area contributed by atoms with Gasteiger partial charge in [0.25, 0.3) is 0 Å². The summed E-state index contributed by atoms with van der Waals surface area (Å²) in [5.41, 5.74) is 0. The number of piperazine rings is 1. The second-order valence-corrected chi connectivity index (χ2v) is 4.20. The highest BCUT2D eigenvalue weighted by Crippen LogP contribution is 2.19. The molecule has 1 aliphatic rings. The van der Waals surface area contributed by atoms with Crippen LogP contribution in [0.1, 0.15) is 0 Å². The Kier molecular flexibility index (Phi) is 3.70. The van der Waals surface area contributed by atoms with Crippen molar-refractivity contribution < 1.29 is 17.6 Å². The fourth-order valence-corrected chi connectivity index (χ4v) is 1.96. The first-order valence-electron chi connectivity index (χ1n) is 5.61. The Morgan fingerprint density at radius 1 is 1.11 bits per heavy atom. The van der Waals surface area contributed by atoms with Gasteiger partial charge in [0.15, 0.2) is 0 Å². The Morgan fingerprint density at radius 3 is 2.33 bits per heavy atom. The molecule has 0 N–H and O–H groups in total. The molecule has 0 unspecified atom stereocenters. The Morgan fingerprint density at radius 2 is 1.78 bits per heavy atom. The van der Waals surface area contributed by atoms with Crippen LogP contribution in [0.3, 0.4) is 0 Å². The van der Waals surface area contributed by atoms with Crippen molar-refractivity contribution >= 4 is 5.82 Å². The number of hydrogen-bond acceptors (Lipinski definition) is 3. The quantitative estimate of drug-likeness (QED) is 0.600. The molecule has 0 amide bonds. The molecule has 1 saturated heterocycles. The van der Waals surface area contributed by atoms with E-state index in [1.807, 2.05) is 0 Å². The zero-order valence-corrected chi connectivity index (χ0v) is 9.62. The van der Waals surface area contributed by atoms with Gasteiger partial charge in [0.1, 0.15) is 5.82 Å². The summed E-state index contributed by atoms with van der Waals surface area (Å²) in [5, 5.41) is 0. The van der Waals surface area contributed by atoms with Crippen LogP contribution in [0.4, 0.5) is 23.4 Å². The van der Waals surface area contributed by atoms with Crippen LogP contribution in [0.25, 0.3) is 0 Å². The van der Waals surface area contributed by atoms with Gasteiger partial charge in [-0.05, 0) is 12.1 Å². The van der Waals surface area contributed by atoms with Crippen molar-refractivity contribution in [3.05, 3.63) is 24.1 Å². The van der Waals surface area contributed by atoms with Crippen LogP contribution in [0.15, 0.2) is 18.2 Å². The smallest absolute Gasteiger partial charge is 0.354 e. The molecular formula is C11H13F4N3. The Bertz CT molecular complexity index is 400. The Hall–Kier alpha value is -1.37. The number of halogens is 4. The van der Waals surface area contributed by atoms with Gasteiger partial charge < -0.3 is 4.90 Å². The second kappa shape index (κ2) is 5.09. The molecule has 2 rings (SSSR count). The lowest BCUT2D eigenvalue weighted by Crippen LogP contribution is -2.49. The van der Waals surface area contributed by atoms with E-state index in [1.54, 1.807) is 17.0 Å². The lowest BCUT2D eigenvalue weighted by molar-refractivity contribution is -0.146. The normalized spacial score (nSPS) is 18.1. The van der Waals surface area contributed by atoms with Crippen LogP contribution in [0.2, 0.25) is 0 Å². The Balaban J connectivity index is 1.91. The van der Waals surface area contributed by atoms with Crippen molar-refractivity contribution in [1.82, 2.24) is 9.88 Å². The standard InChI is InChI=1S/C11H13F4N3/c12-9-2-1-3-10(16-9)18-6-4-17(5-7-18)8-11(13,14)15/h1-3H,4-8H2. The number of hydrogen-bond donors (Lipinski definition) is 0. The van der Waals surface area contributed by atoms with Gasteiger partial charge in [0, 0.05) is 26.2 Å². The van der Waals surface area contributed by atoms with Crippen molar-refractivity contribution in [3.63, 3.8) is 0 Å². The minimum absolute atomic E-state index is 0.303. The van der Waals surface area contributed by atoms with Crippen molar-refractivity contribution in [2.45, 2.75) is 6.18 Å². The van der Waals surface area contributed by atoms with E-state index in [4.69, 9.17) is 0 Å². The molecule has 18 heavy (non-hydrogen) atoms. The molecule has 0 bridgehead atoms. The van der Waals surface area contributed by atoms with Gasteiger partial charge in [0.05, 0.1) is 6.54 Å². The number of aromatic nitrogens is 1. The molecule has 7 heteroatoms. The van der Waals surface area contributed by atoms with Crippen molar-refractivity contribution in [3.8, 4) is 0 Å². The van der Waals surface area contributed by atoms with E-state index in [0.29, 0.717) is 32.0 Å². The van der Waals surface area contributed by atoms with Gasteiger partial charge >= 0.3 is 6.18 Å². The van der Waals surface area contributed by atoms with Crippen molar-refractivity contribution in [1.29, 1.82) is 0 Å². The number of pyridine rings is 1. The first kappa shape index (κ1) is 13.1. The predicted molar refractivity (Wildman–Crippen MR) is 58.9 cm³/mol. The third-order valence-electron chi connectivity index (χ3n) is 2.80. The van der Waals surface area contributed by atoms with Gasteiger partial charge in [0.2, 0.25) is 5.95 Å². The first-order chi connectivity index (χ1) is 8.44. The van der Waals surface area contributed by atoms with E-state index < -0.39 is 18.7 Å². The topological polar surface area (TPSA) is 19.4 Å². The maximum Gasteiger partial charge on any atom is 0.401 e. The summed E-state index contributed by atoms with van der Waals surface area (Å²) in [4.78, 5) is 6.85. The molecule has 2 heterocycles. The summed E-state index contributed by atoms with van der Waals surface area (Å²) < 4.78 is 49.5. The maximum atomic E-state index is 12.9. The Labute approximate surface area is 102 Å². The average Bonchev–Trinajstić information content (AvgIpc) is 2.28. The van der Waals surface area contributed by atoms with Crippen LogP contribution in [-0.4, -0.2) is 48.8 Å². The minimum atomic E-state index is -4.17. The zero-order valence-electron chi connectivity index (χ0n) is 9.62. The number of nitrogens with zero attached hydrogens (tertiary/aromatic N) is 3. The molecule has 0 atom stereocenters. The number of anilines is 1. The van der Waals surface area contributed by atoms with Gasteiger partial charge in [-0.2, -0.15) is 17.6 Å². The molecule has 1 aliphatic heterocycles. The summed E-state index contributed by atoms with van der Waals surface area (Å²) in [6, 6.07) is 4.44. The fourth-order valence-electron chi connectivity index (χ4n) is 1.96. The lowest BCUT2D eigenvalue weighted by atomic mass is 10.3. The SMILES string of the molecule is Fc1cccc(N2CCN(CC(F)(F)F)CC2)n1. The largest absolute Gasteiger partial charge is 0.401 e. The van der Waals surface area contributed by atoms with Crippen molar-refractivity contribution in [2.75, 3.05) is 37.6 Å². The van der Waals surface area contributed by atoms with E-state index in [-0.39, 0.29) is 0 Å². The second-order valence-electron chi connectivity index (χ2n) is 4.20. The van der Waals surface area contributed by atoms with Crippen molar-refractivity contribution in [2.24, 2.45) is 0 Å². The molecular weight excluding hydrogens is 250 g/mol. The average molecular weight is 263 g/mol. The summed E-state index contributed by atoms with van der Waals surface area (Å²) in [6.45, 7) is 0.561. The van der Waals surface area contributed by atoms with E-state index in [1.165, 1.54) is 11.0 Å². The monoisotopic (exact) mass is 263 g/mol. The molecule has 1 aromatic heterocycles. The van der Waals surface area contributed by atoms with E-state index >= 15 is 0 Å². The van der Waals surface area contributed by atoms with Crippen LogP contribution in [0, 0.1) is 5.95 Å². The highest BCUT2D eigenvalue weighted by molar-refractivity contribution is 5.38. The van der Waals surface area contributed by atoms with E-state index in [9.17, 15) is 17.6 Å². The van der Waals surface area contributed by atoms with Gasteiger partial charge in [-0.15, -0.1) is 0 Å². The highest BCUT2D eigenvalue weighted by atomic mass is 19.4. The molecule has 0 aliphatic carbocycles. The minimum Gasteiger partial charge on any atom is -0.354 e. The molecule has 3 nitrogen and oxygen atoms in total. The molecule has 1 fully saturated rings. The van der Waals surface area contributed by atoms with Crippen LogP contribution in [0.5, 0.6) is 0 Å². The first-order valence-corrected chi connectivity index (χ1v) is 5.61. The zero-order chi connectivity index (χ0) is 13.2. The van der Waals surface area contributed by atoms with Crippen LogP contribution >= 0.6 is 0 Å². The molecule has 0 aromatic carbocycles. The molecule has 100 valence electrons. The molecule has 0 saturated carbocycles. The number of rotatable bonds is 2. The van der Waals surface area contributed by atoms with Gasteiger partial charge in [-0.25, -0.2) is 4.98 Å². The molecule has 0 spiro atoms. The summed E-state index contributed by atoms with van der Waals surface area (Å²) in [6.07, 6.45) is -4.17. The van der Waals surface area contributed by atoms with E-state index in [2.05, 4.69) is 4.98 Å². The maximum absolute atomic E-state index is 12.9. The third kappa shape index (κ3) is 3.56. The fraction of sp³-hybridized carbons (Fsp3) is 0.545. The van der Waals surface area contributed by atoms with E-state index in [0.717, 1.165) is 0 Å². The summed E-state index contributed by atoms with van der Waals surface area (Å²) in [5.74, 6) is -0.105. The molecule has 0 radical (unpaired) electrons. The van der Waals surface area contributed by atoms with Crippen LogP contribution < -0.4 is 4.90 Å². The summed E-state index contributed by atoms with van der Waals surface area (Å²) in [7, 11) is 0. The predicted octanol–water partition coefficient (Wildman–Crippen LogP) is 1.91. The van der Waals surface area contributed by atoms with Gasteiger partial charge in [-0.3, -0.25) is 4.90 Å². The van der Waals surface area contributed by atoms with Gasteiger partial charge in [-0.1, -0.05) is 6.07 Å². The third-order valence-corrected chi connectivity index (χ3v) is 2.80. The van der Waals surface area contributed by atoms with Crippen LogP contribution in [-0.2, 0) is 0 Å². The molecule has 1 aromatic rings. The highest BCUT2D eigenvalue weighted by Gasteiger charge is 2.32. The number of alkyl halides is 3.